The first-order valence-corrected chi connectivity index (χ1v) is 7.02. The Morgan fingerprint density at radius 1 is 1.62 bits per heavy atom. The molecule has 0 aliphatic carbocycles. The maximum Gasteiger partial charge on any atom is 0.237 e. The molecule has 6 nitrogen and oxygen atoms in total. The number of nitrogens with two attached hydrogens (primary N) is 1. The zero-order valence-corrected chi connectivity index (χ0v) is 10.1. The lowest BCUT2D eigenvalue weighted by Crippen LogP contribution is -2.46. The molecule has 1 rings (SSSR count). The third-order valence-electron chi connectivity index (χ3n) is 2.55. The summed E-state index contributed by atoms with van der Waals surface area (Å²) in [6, 6.07) is -0.922. The van der Waals surface area contributed by atoms with Crippen LogP contribution in [0, 0.1) is 0 Å². The predicted molar refractivity (Wildman–Crippen MR) is 59.7 cm³/mol. The molecule has 3 N–H and O–H groups in total. The molecule has 1 fully saturated rings. The van der Waals surface area contributed by atoms with Crippen LogP contribution < -0.4 is 11.1 Å². The number of carbonyl (C=O) groups is 1. The second kappa shape index (κ2) is 5.60. The number of hydrogen-bond acceptors (Lipinski definition) is 5. The van der Waals surface area contributed by atoms with Crippen molar-refractivity contribution in [2.24, 2.45) is 5.73 Å². The van der Waals surface area contributed by atoms with Gasteiger partial charge in [-0.25, -0.2) is 8.42 Å². The summed E-state index contributed by atoms with van der Waals surface area (Å²) < 4.78 is 27.1. The van der Waals surface area contributed by atoms with Crippen LogP contribution in [0.5, 0.6) is 0 Å². The van der Waals surface area contributed by atoms with Gasteiger partial charge in [-0.05, 0) is 12.8 Å². The molecular weight excluding hydrogens is 232 g/mol. The number of carbonyl (C=O) groups excluding carboxylic acids is 1. The Morgan fingerprint density at radius 2 is 2.31 bits per heavy atom. The average Bonchev–Trinajstić information content (AvgIpc) is 2.54. The van der Waals surface area contributed by atoms with E-state index in [1.165, 1.54) is 7.11 Å². The number of hydrogen-bond donors (Lipinski definition) is 2. The van der Waals surface area contributed by atoms with Gasteiger partial charge >= 0.3 is 0 Å². The smallest absolute Gasteiger partial charge is 0.237 e. The molecule has 0 saturated carbocycles. The summed E-state index contributed by atoms with van der Waals surface area (Å²) in [5.41, 5.74) is 5.61. The van der Waals surface area contributed by atoms with Crippen LogP contribution in [-0.2, 0) is 19.4 Å². The molecule has 0 radical (unpaired) electrons. The fourth-order valence-electron chi connectivity index (χ4n) is 1.59. The fraction of sp³-hybridized carbons (Fsp3) is 0.889. The maximum absolute atomic E-state index is 11.5. The summed E-state index contributed by atoms with van der Waals surface area (Å²) in [6.07, 6.45) is 0.910. The van der Waals surface area contributed by atoms with Gasteiger partial charge in [0.15, 0.2) is 9.84 Å². The topological polar surface area (TPSA) is 98.5 Å². The molecule has 1 saturated heterocycles. The third kappa shape index (κ3) is 4.07. The van der Waals surface area contributed by atoms with Gasteiger partial charge in [-0.3, -0.25) is 4.79 Å². The van der Waals surface area contributed by atoms with Crippen LogP contribution in [0.4, 0.5) is 0 Å². The van der Waals surface area contributed by atoms with E-state index < -0.39 is 15.9 Å². The Bertz CT molecular complexity index is 341. The molecule has 0 aromatic rings. The van der Waals surface area contributed by atoms with Crippen molar-refractivity contribution in [3.05, 3.63) is 0 Å². The molecule has 7 heteroatoms. The third-order valence-corrected chi connectivity index (χ3v) is 4.32. The summed E-state index contributed by atoms with van der Waals surface area (Å²) in [4.78, 5) is 11.5. The highest BCUT2D eigenvalue weighted by atomic mass is 32.2. The van der Waals surface area contributed by atoms with Crippen LogP contribution in [0.3, 0.4) is 0 Å². The number of rotatable bonds is 5. The molecule has 0 aromatic carbocycles. The Hall–Kier alpha value is -0.660. The summed E-state index contributed by atoms with van der Waals surface area (Å²) in [5, 5.41) is 2.64. The molecule has 1 aliphatic heterocycles. The largest absolute Gasteiger partial charge is 0.385 e. The van der Waals surface area contributed by atoms with Crippen LogP contribution in [-0.4, -0.2) is 51.6 Å². The zero-order valence-electron chi connectivity index (χ0n) is 9.31. The first kappa shape index (κ1) is 13.4. The van der Waals surface area contributed by atoms with Gasteiger partial charge in [-0.15, -0.1) is 0 Å². The van der Waals surface area contributed by atoms with Crippen LogP contribution >= 0.6 is 0 Å². The Labute approximate surface area is 95.4 Å². The van der Waals surface area contributed by atoms with Gasteiger partial charge in [0.2, 0.25) is 5.91 Å². The predicted octanol–water partition coefficient (Wildman–Crippen LogP) is -1.35. The van der Waals surface area contributed by atoms with E-state index in [4.69, 9.17) is 10.5 Å². The maximum atomic E-state index is 11.5. The molecule has 0 aromatic heterocycles. The van der Waals surface area contributed by atoms with Gasteiger partial charge in [0, 0.05) is 19.8 Å². The molecular formula is C9H18N2O4S. The SMILES string of the molecule is COCCC(N)C(=O)NC1CCS(=O)(=O)C1. The van der Waals surface area contributed by atoms with Crippen molar-refractivity contribution < 1.29 is 17.9 Å². The highest BCUT2D eigenvalue weighted by Crippen LogP contribution is 2.11. The summed E-state index contributed by atoms with van der Waals surface area (Å²) >= 11 is 0. The van der Waals surface area contributed by atoms with Crippen LogP contribution in [0.2, 0.25) is 0 Å². The molecule has 2 unspecified atom stereocenters. The van der Waals surface area contributed by atoms with E-state index >= 15 is 0 Å². The zero-order chi connectivity index (χ0) is 12.2. The highest BCUT2D eigenvalue weighted by Gasteiger charge is 2.29. The molecule has 16 heavy (non-hydrogen) atoms. The van der Waals surface area contributed by atoms with Crippen molar-refractivity contribution in [1.29, 1.82) is 0 Å². The van der Waals surface area contributed by atoms with Crippen molar-refractivity contribution in [3.8, 4) is 0 Å². The summed E-state index contributed by atoms with van der Waals surface area (Å²) in [5.74, 6) is -0.139. The number of methoxy groups -OCH3 is 1. The molecule has 1 heterocycles. The minimum atomic E-state index is -2.96. The highest BCUT2D eigenvalue weighted by molar-refractivity contribution is 7.91. The first-order chi connectivity index (χ1) is 7.44. The number of nitrogens with one attached hydrogen (secondary N) is 1. The van der Waals surface area contributed by atoms with Gasteiger partial charge in [0.05, 0.1) is 17.5 Å². The van der Waals surface area contributed by atoms with E-state index in [-0.39, 0.29) is 23.5 Å². The standard InChI is InChI=1S/C9H18N2O4S/c1-15-4-2-8(10)9(12)11-7-3-5-16(13,14)6-7/h7-8H,2-6,10H2,1H3,(H,11,12). The molecule has 1 amide bonds. The molecule has 0 spiro atoms. The van der Waals surface area contributed by atoms with E-state index in [0.29, 0.717) is 19.4 Å². The van der Waals surface area contributed by atoms with Crippen molar-refractivity contribution in [3.63, 3.8) is 0 Å². The van der Waals surface area contributed by atoms with Crippen molar-refractivity contribution in [2.45, 2.75) is 24.9 Å². The molecule has 0 bridgehead atoms. The van der Waals surface area contributed by atoms with Crippen LogP contribution in [0.25, 0.3) is 0 Å². The number of sulfone groups is 1. The first-order valence-electron chi connectivity index (χ1n) is 5.20. The van der Waals surface area contributed by atoms with Crippen LogP contribution in [0.1, 0.15) is 12.8 Å². The van der Waals surface area contributed by atoms with Gasteiger partial charge in [0.1, 0.15) is 0 Å². The van der Waals surface area contributed by atoms with Gasteiger partial charge in [-0.2, -0.15) is 0 Å². The Balaban J connectivity index is 2.35. The lowest BCUT2D eigenvalue weighted by molar-refractivity contribution is -0.123. The van der Waals surface area contributed by atoms with Crippen molar-refractivity contribution in [2.75, 3.05) is 25.2 Å². The average molecular weight is 250 g/mol. The summed E-state index contributed by atoms with van der Waals surface area (Å²) in [6.45, 7) is 0.414. The lowest BCUT2D eigenvalue weighted by Gasteiger charge is -2.15. The molecule has 94 valence electrons. The molecule has 2 atom stereocenters. The Morgan fingerprint density at radius 3 is 2.81 bits per heavy atom. The second-order valence-electron chi connectivity index (χ2n) is 4.00. The van der Waals surface area contributed by atoms with Crippen molar-refractivity contribution >= 4 is 15.7 Å². The quantitative estimate of drug-likeness (QED) is 0.629. The fourth-order valence-corrected chi connectivity index (χ4v) is 3.27. The van der Waals surface area contributed by atoms with E-state index in [0.717, 1.165) is 0 Å². The number of ether oxygens (including phenoxy) is 1. The van der Waals surface area contributed by atoms with Gasteiger partial charge < -0.3 is 15.8 Å². The minimum absolute atomic E-state index is 0.0235. The van der Waals surface area contributed by atoms with E-state index in [9.17, 15) is 13.2 Å². The van der Waals surface area contributed by atoms with Gasteiger partial charge in [0.25, 0.3) is 0 Å². The normalized spacial score (nSPS) is 25.2. The van der Waals surface area contributed by atoms with E-state index in [2.05, 4.69) is 5.32 Å². The lowest BCUT2D eigenvalue weighted by atomic mass is 10.2. The van der Waals surface area contributed by atoms with Gasteiger partial charge in [-0.1, -0.05) is 0 Å². The second-order valence-corrected chi connectivity index (χ2v) is 6.23. The summed E-state index contributed by atoms with van der Waals surface area (Å²) in [7, 11) is -1.43. The molecule has 1 aliphatic rings. The van der Waals surface area contributed by atoms with E-state index in [1.54, 1.807) is 0 Å². The van der Waals surface area contributed by atoms with E-state index in [1.807, 2.05) is 0 Å². The minimum Gasteiger partial charge on any atom is -0.385 e. The van der Waals surface area contributed by atoms with Crippen LogP contribution in [0.15, 0.2) is 0 Å². The Kier molecular flexibility index (Phi) is 4.69. The monoisotopic (exact) mass is 250 g/mol. The number of amides is 1. The van der Waals surface area contributed by atoms with Crippen molar-refractivity contribution in [1.82, 2.24) is 5.32 Å².